The van der Waals surface area contributed by atoms with Crippen molar-refractivity contribution in [3.63, 3.8) is 0 Å². The Morgan fingerprint density at radius 1 is 1.18 bits per heavy atom. The molecule has 0 nitrogen and oxygen atoms in total. The van der Waals surface area contributed by atoms with Crippen molar-refractivity contribution >= 4 is 15.9 Å². The standard InChI is InChI=1S/C10H21Br/c1-4-5-6-9(2)7-10(3)8-11/h9-10H,4-8H2,1-3H3/t9-,10+/m0/s1. The number of halogens is 1. The minimum Gasteiger partial charge on any atom is -0.0925 e. The molecular formula is C10H21Br. The first-order valence-corrected chi connectivity index (χ1v) is 5.88. The molecule has 0 saturated carbocycles. The van der Waals surface area contributed by atoms with Crippen molar-refractivity contribution in [3.05, 3.63) is 0 Å². The molecule has 0 amide bonds. The lowest BCUT2D eigenvalue weighted by Crippen LogP contribution is -2.03. The topological polar surface area (TPSA) is 0 Å². The molecule has 0 radical (unpaired) electrons. The van der Waals surface area contributed by atoms with E-state index in [0.29, 0.717) is 0 Å². The van der Waals surface area contributed by atoms with Gasteiger partial charge in [-0.05, 0) is 18.3 Å². The number of alkyl halides is 1. The fourth-order valence-corrected chi connectivity index (χ4v) is 1.68. The SMILES string of the molecule is CCCC[C@H](C)C[C@@H](C)CBr. The van der Waals surface area contributed by atoms with Gasteiger partial charge in [0.2, 0.25) is 0 Å². The summed E-state index contributed by atoms with van der Waals surface area (Å²) in [6.07, 6.45) is 5.53. The van der Waals surface area contributed by atoms with Gasteiger partial charge in [-0.25, -0.2) is 0 Å². The Kier molecular flexibility index (Phi) is 7.46. The van der Waals surface area contributed by atoms with Crippen LogP contribution in [0.15, 0.2) is 0 Å². The van der Waals surface area contributed by atoms with E-state index in [2.05, 4.69) is 36.7 Å². The van der Waals surface area contributed by atoms with E-state index in [9.17, 15) is 0 Å². The van der Waals surface area contributed by atoms with Gasteiger partial charge in [-0.2, -0.15) is 0 Å². The number of hydrogen-bond donors (Lipinski definition) is 0. The van der Waals surface area contributed by atoms with Crippen LogP contribution in [0.25, 0.3) is 0 Å². The summed E-state index contributed by atoms with van der Waals surface area (Å²) in [4.78, 5) is 0. The second-order valence-corrected chi connectivity index (χ2v) is 4.39. The predicted octanol–water partition coefficient (Wildman–Crippen LogP) is 4.23. The van der Waals surface area contributed by atoms with Crippen LogP contribution in [-0.4, -0.2) is 5.33 Å². The first kappa shape index (κ1) is 11.5. The van der Waals surface area contributed by atoms with Gasteiger partial charge in [-0.1, -0.05) is 56.0 Å². The largest absolute Gasteiger partial charge is 0.0925 e. The average Bonchev–Trinajstić information content (AvgIpc) is 2.00. The molecule has 0 bridgehead atoms. The van der Waals surface area contributed by atoms with Gasteiger partial charge < -0.3 is 0 Å². The molecule has 0 aromatic rings. The minimum absolute atomic E-state index is 0.849. The zero-order valence-electron chi connectivity index (χ0n) is 8.07. The molecule has 0 heterocycles. The van der Waals surface area contributed by atoms with E-state index in [0.717, 1.165) is 17.2 Å². The second kappa shape index (κ2) is 7.15. The third-order valence-electron chi connectivity index (χ3n) is 2.12. The van der Waals surface area contributed by atoms with E-state index in [-0.39, 0.29) is 0 Å². The molecule has 0 N–H and O–H groups in total. The maximum atomic E-state index is 3.51. The van der Waals surface area contributed by atoms with Gasteiger partial charge in [0.25, 0.3) is 0 Å². The molecule has 0 aromatic heterocycles. The lowest BCUT2D eigenvalue weighted by molar-refractivity contribution is 0.409. The van der Waals surface area contributed by atoms with Gasteiger partial charge in [0.1, 0.15) is 0 Å². The molecular weight excluding hydrogens is 200 g/mol. The minimum atomic E-state index is 0.849. The summed E-state index contributed by atoms with van der Waals surface area (Å²) < 4.78 is 0. The summed E-state index contributed by atoms with van der Waals surface area (Å²) in [5.41, 5.74) is 0. The Hall–Kier alpha value is 0.480. The zero-order chi connectivity index (χ0) is 8.69. The highest BCUT2D eigenvalue weighted by Gasteiger charge is 2.06. The highest BCUT2D eigenvalue weighted by molar-refractivity contribution is 9.09. The van der Waals surface area contributed by atoms with Crippen molar-refractivity contribution in [2.75, 3.05) is 5.33 Å². The predicted molar refractivity (Wildman–Crippen MR) is 56.3 cm³/mol. The van der Waals surface area contributed by atoms with Crippen LogP contribution in [0, 0.1) is 11.8 Å². The molecule has 0 saturated heterocycles. The number of unbranched alkanes of at least 4 members (excludes halogenated alkanes) is 1. The Morgan fingerprint density at radius 3 is 2.27 bits per heavy atom. The molecule has 0 aliphatic rings. The van der Waals surface area contributed by atoms with Gasteiger partial charge >= 0.3 is 0 Å². The Balaban J connectivity index is 3.27. The molecule has 11 heavy (non-hydrogen) atoms. The smallest absolute Gasteiger partial charge is 0.00571 e. The van der Waals surface area contributed by atoms with E-state index in [4.69, 9.17) is 0 Å². The van der Waals surface area contributed by atoms with E-state index >= 15 is 0 Å². The van der Waals surface area contributed by atoms with E-state index in [1.54, 1.807) is 0 Å². The van der Waals surface area contributed by atoms with Crippen molar-refractivity contribution in [1.29, 1.82) is 0 Å². The van der Waals surface area contributed by atoms with Gasteiger partial charge in [0.15, 0.2) is 0 Å². The third kappa shape index (κ3) is 6.86. The van der Waals surface area contributed by atoms with Crippen LogP contribution in [0.4, 0.5) is 0 Å². The van der Waals surface area contributed by atoms with Crippen LogP contribution >= 0.6 is 15.9 Å². The van der Waals surface area contributed by atoms with Crippen LogP contribution in [0.5, 0.6) is 0 Å². The van der Waals surface area contributed by atoms with E-state index in [1.165, 1.54) is 25.7 Å². The maximum absolute atomic E-state index is 3.51. The highest BCUT2D eigenvalue weighted by Crippen LogP contribution is 2.18. The number of rotatable bonds is 6. The lowest BCUT2D eigenvalue weighted by atomic mass is 9.94. The Bertz CT molecular complexity index is 80.9. The molecule has 0 unspecified atom stereocenters. The molecule has 68 valence electrons. The summed E-state index contributed by atoms with van der Waals surface area (Å²) in [7, 11) is 0. The van der Waals surface area contributed by atoms with Crippen LogP contribution in [-0.2, 0) is 0 Å². The van der Waals surface area contributed by atoms with Gasteiger partial charge in [0.05, 0.1) is 0 Å². The van der Waals surface area contributed by atoms with Crippen LogP contribution in [0.2, 0.25) is 0 Å². The molecule has 0 spiro atoms. The summed E-state index contributed by atoms with van der Waals surface area (Å²) >= 11 is 3.51. The molecule has 0 aliphatic heterocycles. The van der Waals surface area contributed by atoms with Crippen LogP contribution < -0.4 is 0 Å². The van der Waals surface area contributed by atoms with Crippen molar-refractivity contribution in [1.82, 2.24) is 0 Å². The van der Waals surface area contributed by atoms with Crippen molar-refractivity contribution in [3.8, 4) is 0 Å². The first-order chi connectivity index (χ1) is 5.20. The monoisotopic (exact) mass is 220 g/mol. The molecule has 0 rings (SSSR count). The van der Waals surface area contributed by atoms with Gasteiger partial charge in [-0.3, -0.25) is 0 Å². The molecule has 0 aromatic carbocycles. The van der Waals surface area contributed by atoms with Crippen molar-refractivity contribution in [2.24, 2.45) is 11.8 Å². The van der Waals surface area contributed by atoms with E-state index < -0.39 is 0 Å². The Morgan fingerprint density at radius 2 is 1.82 bits per heavy atom. The summed E-state index contributed by atoms with van der Waals surface area (Å²) in [6, 6.07) is 0. The normalized spacial score (nSPS) is 16.4. The van der Waals surface area contributed by atoms with Gasteiger partial charge in [0, 0.05) is 5.33 Å². The fraction of sp³-hybridized carbons (Fsp3) is 1.00. The van der Waals surface area contributed by atoms with Crippen molar-refractivity contribution < 1.29 is 0 Å². The summed E-state index contributed by atoms with van der Waals surface area (Å²) in [5, 5.41) is 1.16. The molecule has 1 heteroatoms. The maximum Gasteiger partial charge on any atom is 0.00571 e. The Labute approximate surface area is 79.9 Å². The molecule has 0 aliphatic carbocycles. The first-order valence-electron chi connectivity index (χ1n) is 4.76. The van der Waals surface area contributed by atoms with Crippen LogP contribution in [0.1, 0.15) is 46.5 Å². The highest BCUT2D eigenvalue weighted by atomic mass is 79.9. The van der Waals surface area contributed by atoms with Crippen molar-refractivity contribution in [2.45, 2.75) is 46.5 Å². The second-order valence-electron chi connectivity index (χ2n) is 3.74. The van der Waals surface area contributed by atoms with Crippen LogP contribution in [0.3, 0.4) is 0 Å². The third-order valence-corrected chi connectivity index (χ3v) is 3.22. The zero-order valence-corrected chi connectivity index (χ0v) is 9.65. The fourth-order valence-electron chi connectivity index (χ4n) is 1.42. The molecule has 0 fully saturated rings. The average molecular weight is 221 g/mol. The number of hydrogen-bond acceptors (Lipinski definition) is 0. The van der Waals surface area contributed by atoms with E-state index in [1.807, 2.05) is 0 Å². The summed E-state index contributed by atoms with van der Waals surface area (Å²) in [5.74, 6) is 1.77. The summed E-state index contributed by atoms with van der Waals surface area (Å²) in [6.45, 7) is 6.95. The quantitative estimate of drug-likeness (QED) is 0.588. The lowest BCUT2D eigenvalue weighted by Gasteiger charge is -2.14. The van der Waals surface area contributed by atoms with Gasteiger partial charge in [-0.15, -0.1) is 0 Å². The molecule has 2 atom stereocenters.